The molecule has 1 aliphatic heterocycles. The molecule has 8 heteroatoms. The number of halogens is 2. The summed E-state index contributed by atoms with van der Waals surface area (Å²) in [4.78, 5) is 25.3. The van der Waals surface area contributed by atoms with Crippen LogP contribution in [-0.4, -0.2) is 36.3 Å². The number of hydrogen-bond acceptors (Lipinski definition) is 4. The summed E-state index contributed by atoms with van der Waals surface area (Å²) in [5.74, 6) is -0.308. The molecule has 0 bridgehead atoms. The van der Waals surface area contributed by atoms with Crippen LogP contribution >= 0.6 is 23.2 Å². The van der Waals surface area contributed by atoms with Crippen LogP contribution in [0.1, 0.15) is 19.3 Å². The zero-order valence-electron chi connectivity index (χ0n) is 13.5. The van der Waals surface area contributed by atoms with Crippen molar-refractivity contribution in [3.63, 3.8) is 0 Å². The minimum atomic E-state index is -0.470. The highest BCUT2D eigenvalue weighted by atomic mass is 35.5. The van der Waals surface area contributed by atoms with E-state index in [1.165, 1.54) is 6.20 Å². The van der Waals surface area contributed by atoms with Gasteiger partial charge in [-0.3, -0.25) is 9.59 Å². The highest BCUT2D eigenvalue weighted by Gasteiger charge is 2.19. The van der Waals surface area contributed by atoms with Crippen molar-refractivity contribution >= 4 is 40.7 Å². The molecule has 0 aliphatic carbocycles. The second-order valence-electron chi connectivity index (χ2n) is 5.54. The third-order valence-corrected chi connectivity index (χ3v) is 4.47. The quantitative estimate of drug-likeness (QED) is 0.432. The summed E-state index contributed by atoms with van der Waals surface area (Å²) in [7, 11) is 0. The molecular weight excluding hydrogens is 363 g/mol. The number of anilines is 1. The second-order valence-corrected chi connectivity index (χ2v) is 6.35. The van der Waals surface area contributed by atoms with E-state index in [2.05, 4.69) is 10.6 Å². The molecule has 1 aromatic rings. The monoisotopic (exact) mass is 380 g/mol. The summed E-state index contributed by atoms with van der Waals surface area (Å²) in [5, 5.41) is 15.4. The molecule has 0 saturated carbocycles. The smallest absolute Gasteiger partial charge is 0.263 e. The van der Waals surface area contributed by atoms with Crippen LogP contribution in [0.3, 0.4) is 0 Å². The highest BCUT2D eigenvalue weighted by molar-refractivity contribution is 6.42. The van der Waals surface area contributed by atoms with Gasteiger partial charge in [0.25, 0.3) is 5.91 Å². The van der Waals surface area contributed by atoms with Crippen LogP contribution in [0.15, 0.2) is 30.0 Å². The van der Waals surface area contributed by atoms with Gasteiger partial charge in [-0.25, -0.2) is 0 Å². The minimum absolute atomic E-state index is 0.0525. The number of carbonyl (C=O) groups excluding carboxylic acids is 2. The average Bonchev–Trinajstić information content (AvgIpc) is 3.00. The Morgan fingerprint density at radius 3 is 2.80 bits per heavy atom. The summed E-state index contributed by atoms with van der Waals surface area (Å²) < 4.78 is 0. The number of benzene rings is 1. The molecule has 1 saturated heterocycles. The standard InChI is InChI=1S/C17H18Cl2N4O2/c18-14-5-4-13(9-15(14)19)22-11-12(10-20)17(25)21-6-2-8-23-7-1-3-16(23)24/h4-5,9,11,22H,1-3,6-8H2,(H,21,25)/b12-11-. The Morgan fingerprint density at radius 1 is 1.36 bits per heavy atom. The topological polar surface area (TPSA) is 85.2 Å². The van der Waals surface area contributed by atoms with Crippen LogP contribution in [0.5, 0.6) is 0 Å². The van der Waals surface area contributed by atoms with Crippen molar-refractivity contribution < 1.29 is 9.59 Å². The molecule has 25 heavy (non-hydrogen) atoms. The lowest BCUT2D eigenvalue weighted by atomic mass is 10.2. The fourth-order valence-corrected chi connectivity index (χ4v) is 2.70. The average molecular weight is 381 g/mol. The summed E-state index contributed by atoms with van der Waals surface area (Å²) >= 11 is 11.7. The van der Waals surface area contributed by atoms with E-state index >= 15 is 0 Å². The third kappa shape index (κ3) is 5.66. The largest absolute Gasteiger partial charge is 0.360 e. The summed E-state index contributed by atoms with van der Waals surface area (Å²) in [6.45, 7) is 1.80. The lowest BCUT2D eigenvalue weighted by Gasteiger charge is -2.15. The fraction of sp³-hybridized carbons (Fsp3) is 0.353. The normalized spacial score (nSPS) is 14.4. The molecule has 132 valence electrons. The second kappa shape index (κ2) is 9.30. The molecule has 2 rings (SSSR count). The maximum Gasteiger partial charge on any atom is 0.263 e. The van der Waals surface area contributed by atoms with Crippen molar-refractivity contribution in [3.05, 3.63) is 40.0 Å². The predicted molar refractivity (Wildman–Crippen MR) is 97.2 cm³/mol. The van der Waals surface area contributed by atoms with E-state index in [0.29, 0.717) is 41.7 Å². The van der Waals surface area contributed by atoms with Crippen molar-refractivity contribution in [2.45, 2.75) is 19.3 Å². The molecule has 0 aromatic heterocycles. The van der Waals surface area contributed by atoms with Crippen molar-refractivity contribution in [2.75, 3.05) is 25.0 Å². The summed E-state index contributed by atoms with van der Waals surface area (Å²) in [5.41, 5.74) is 0.561. The van der Waals surface area contributed by atoms with Gasteiger partial charge in [0.1, 0.15) is 11.6 Å². The predicted octanol–water partition coefficient (Wildman–Crippen LogP) is 2.94. The van der Waals surface area contributed by atoms with Gasteiger partial charge in [0.05, 0.1) is 10.0 Å². The summed E-state index contributed by atoms with van der Waals surface area (Å²) in [6.07, 6.45) is 3.47. The number of likely N-dealkylation sites (tertiary alicyclic amines) is 1. The first kappa shape index (κ1) is 19.1. The lowest BCUT2D eigenvalue weighted by molar-refractivity contribution is -0.127. The van der Waals surface area contributed by atoms with Crippen molar-refractivity contribution in [3.8, 4) is 6.07 Å². The molecule has 0 atom stereocenters. The SMILES string of the molecule is N#C/C(=C/Nc1ccc(Cl)c(Cl)c1)C(=O)NCCCN1CCCC1=O. The zero-order chi connectivity index (χ0) is 18.2. The Labute approximate surface area is 156 Å². The number of nitriles is 1. The van der Waals surface area contributed by atoms with E-state index in [9.17, 15) is 9.59 Å². The van der Waals surface area contributed by atoms with Gasteiger partial charge < -0.3 is 15.5 Å². The van der Waals surface area contributed by atoms with Crippen LogP contribution in [0, 0.1) is 11.3 Å². The van der Waals surface area contributed by atoms with E-state index in [1.807, 2.05) is 6.07 Å². The van der Waals surface area contributed by atoms with Gasteiger partial charge in [-0.2, -0.15) is 5.26 Å². The Bertz CT molecular complexity index is 728. The van der Waals surface area contributed by atoms with Crippen molar-refractivity contribution in [1.29, 1.82) is 5.26 Å². The molecule has 0 radical (unpaired) electrons. The Morgan fingerprint density at radius 2 is 2.16 bits per heavy atom. The molecule has 1 heterocycles. The molecular formula is C17H18Cl2N4O2. The van der Waals surface area contributed by atoms with Gasteiger partial charge in [0, 0.05) is 37.9 Å². The van der Waals surface area contributed by atoms with Crippen LogP contribution in [0.4, 0.5) is 5.69 Å². The third-order valence-electron chi connectivity index (χ3n) is 3.73. The molecule has 0 unspecified atom stereocenters. The van der Waals surface area contributed by atoms with Crippen LogP contribution < -0.4 is 10.6 Å². The van der Waals surface area contributed by atoms with Gasteiger partial charge in [-0.1, -0.05) is 23.2 Å². The van der Waals surface area contributed by atoms with Gasteiger partial charge in [-0.05, 0) is 31.0 Å². The van der Waals surface area contributed by atoms with Crippen LogP contribution in [-0.2, 0) is 9.59 Å². The molecule has 0 spiro atoms. The highest BCUT2D eigenvalue weighted by Crippen LogP contribution is 2.25. The number of amides is 2. The zero-order valence-corrected chi connectivity index (χ0v) is 15.0. The Balaban J connectivity index is 1.80. The van der Waals surface area contributed by atoms with E-state index in [4.69, 9.17) is 28.5 Å². The first-order valence-corrected chi connectivity index (χ1v) is 8.64. The Kier molecular flexibility index (Phi) is 7.11. The van der Waals surface area contributed by atoms with E-state index in [0.717, 1.165) is 13.0 Å². The minimum Gasteiger partial charge on any atom is -0.360 e. The van der Waals surface area contributed by atoms with Crippen molar-refractivity contribution in [2.24, 2.45) is 0 Å². The molecule has 1 aliphatic rings. The van der Waals surface area contributed by atoms with E-state index in [-0.39, 0.29) is 11.5 Å². The Hall–Kier alpha value is -2.23. The number of nitrogens with one attached hydrogen (secondary N) is 2. The molecule has 1 fully saturated rings. The van der Waals surface area contributed by atoms with Gasteiger partial charge in [-0.15, -0.1) is 0 Å². The summed E-state index contributed by atoms with van der Waals surface area (Å²) in [6, 6.07) is 6.75. The number of nitrogens with zero attached hydrogens (tertiary/aromatic N) is 2. The molecule has 6 nitrogen and oxygen atoms in total. The lowest BCUT2D eigenvalue weighted by Crippen LogP contribution is -2.31. The van der Waals surface area contributed by atoms with Crippen molar-refractivity contribution in [1.82, 2.24) is 10.2 Å². The molecule has 2 N–H and O–H groups in total. The van der Waals surface area contributed by atoms with Crippen LogP contribution in [0.25, 0.3) is 0 Å². The first-order valence-electron chi connectivity index (χ1n) is 7.89. The number of rotatable bonds is 7. The maximum atomic E-state index is 12.0. The van der Waals surface area contributed by atoms with E-state index in [1.54, 1.807) is 23.1 Å². The van der Waals surface area contributed by atoms with Crippen LogP contribution in [0.2, 0.25) is 10.0 Å². The van der Waals surface area contributed by atoms with Gasteiger partial charge >= 0.3 is 0 Å². The molecule has 1 aromatic carbocycles. The van der Waals surface area contributed by atoms with Gasteiger partial charge in [0.2, 0.25) is 5.91 Å². The fourth-order valence-electron chi connectivity index (χ4n) is 2.40. The number of carbonyl (C=O) groups is 2. The van der Waals surface area contributed by atoms with Gasteiger partial charge in [0.15, 0.2) is 0 Å². The first-order chi connectivity index (χ1) is 12.0. The van der Waals surface area contributed by atoms with E-state index < -0.39 is 5.91 Å². The maximum absolute atomic E-state index is 12.0. The molecule has 2 amide bonds. The number of hydrogen-bond donors (Lipinski definition) is 2.